The summed E-state index contributed by atoms with van der Waals surface area (Å²) in [5, 5.41) is 9.96. The van der Waals surface area contributed by atoms with E-state index >= 15 is 0 Å². The average Bonchev–Trinajstić information content (AvgIpc) is 3.27. The number of hydrogen-bond acceptors (Lipinski definition) is 7. The van der Waals surface area contributed by atoms with Gasteiger partial charge in [-0.2, -0.15) is 4.98 Å². The summed E-state index contributed by atoms with van der Waals surface area (Å²) in [6.07, 6.45) is 3.09. The highest BCUT2D eigenvalue weighted by Gasteiger charge is 2.22. The van der Waals surface area contributed by atoms with E-state index in [0.717, 1.165) is 65.3 Å². The van der Waals surface area contributed by atoms with Crippen molar-refractivity contribution in [3.05, 3.63) is 64.3 Å². The molecular formula is C25H31BrN6O. The van der Waals surface area contributed by atoms with Gasteiger partial charge in [0.2, 0.25) is 5.95 Å². The van der Waals surface area contributed by atoms with Crippen LogP contribution in [-0.4, -0.2) is 47.7 Å². The first-order chi connectivity index (χ1) is 16.1. The summed E-state index contributed by atoms with van der Waals surface area (Å²) in [5.74, 6) is 2.13. The summed E-state index contributed by atoms with van der Waals surface area (Å²) in [6, 6.07) is 14.3. The number of hydrogen-bond donors (Lipinski definition) is 3. The third-order valence-corrected chi connectivity index (χ3v) is 6.39. The van der Waals surface area contributed by atoms with Crippen LogP contribution < -0.4 is 20.7 Å². The number of aromatic nitrogens is 2. The van der Waals surface area contributed by atoms with Crippen LogP contribution in [0.1, 0.15) is 24.5 Å². The summed E-state index contributed by atoms with van der Waals surface area (Å²) >= 11 is 3.56. The lowest BCUT2D eigenvalue weighted by atomic mass is 10.2. The van der Waals surface area contributed by atoms with Crippen LogP contribution in [-0.2, 0) is 6.54 Å². The van der Waals surface area contributed by atoms with Gasteiger partial charge in [-0.05, 0) is 78.3 Å². The first-order valence-electron chi connectivity index (χ1n) is 11.3. The predicted molar refractivity (Wildman–Crippen MR) is 138 cm³/mol. The smallest absolute Gasteiger partial charge is 0.229 e. The minimum atomic E-state index is 0.261. The number of aryl methyl sites for hydroxylation is 1. The number of anilines is 4. The Morgan fingerprint density at radius 1 is 1.15 bits per heavy atom. The molecule has 3 aromatic rings. The zero-order chi connectivity index (χ0) is 23.2. The van der Waals surface area contributed by atoms with Gasteiger partial charge in [0, 0.05) is 37.2 Å². The van der Waals surface area contributed by atoms with Crippen LogP contribution >= 0.6 is 15.9 Å². The SMILES string of the molecule is CCN1CCC(Oc2ccc(Nc3ncc(Br)c(Nc4ccccc4CNC)n3)c(C)c2)C1. The van der Waals surface area contributed by atoms with Gasteiger partial charge < -0.3 is 20.7 Å². The van der Waals surface area contributed by atoms with E-state index in [9.17, 15) is 0 Å². The average molecular weight is 511 g/mol. The molecule has 0 aliphatic carbocycles. The highest BCUT2D eigenvalue weighted by Crippen LogP contribution is 2.29. The van der Waals surface area contributed by atoms with Crippen LogP contribution in [0.4, 0.5) is 23.1 Å². The predicted octanol–water partition coefficient (Wildman–Crippen LogP) is 5.23. The standard InChI is InChI=1S/C25H31BrN6O/c1-4-32-12-11-20(16-32)33-19-9-10-22(17(2)13-19)30-25-28-15-21(26)24(31-25)29-23-8-6-5-7-18(23)14-27-3/h5-10,13,15,20,27H,4,11-12,14,16H2,1-3H3,(H2,28,29,30,31). The van der Waals surface area contributed by atoms with E-state index in [1.807, 2.05) is 37.4 Å². The molecule has 1 unspecified atom stereocenters. The van der Waals surface area contributed by atoms with Crippen molar-refractivity contribution in [2.45, 2.75) is 32.9 Å². The highest BCUT2D eigenvalue weighted by molar-refractivity contribution is 9.10. The zero-order valence-corrected chi connectivity index (χ0v) is 20.9. The largest absolute Gasteiger partial charge is 0.489 e. The quantitative estimate of drug-likeness (QED) is 0.364. The second-order valence-electron chi connectivity index (χ2n) is 8.23. The molecule has 0 radical (unpaired) electrons. The van der Waals surface area contributed by atoms with Crippen LogP contribution in [0, 0.1) is 6.92 Å². The van der Waals surface area contributed by atoms with E-state index < -0.39 is 0 Å². The Morgan fingerprint density at radius 3 is 2.76 bits per heavy atom. The normalized spacial score (nSPS) is 16.1. The number of para-hydroxylation sites is 1. The number of ether oxygens (including phenoxy) is 1. The number of benzene rings is 2. The molecule has 0 bridgehead atoms. The molecular weight excluding hydrogens is 480 g/mol. The molecule has 4 rings (SSSR count). The van der Waals surface area contributed by atoms with Crippen molar-refractivity contribution in [3.63, 3.8) is 0 Å². The molecule has 2 aromatic carbocycles. The monoisotopic (exact) mass is 510 g/mol. The van der Waals surface area contributed by atoms with E-state index in [1.54, 1.807) is 6.20 Å². The Labute approximate surface area is 204 Å². The molecule has 2 heterocycles. The molecule has 8 heteroatoms. The number of likely N-dealkylation sites (N-methyl/N-ethyl adjacent to an activating group) is 1. The fourth-order valence-electron chi connectivity index (χ4n) is 3.97. The molecule has 1 fully saturated rings. The van der Waals surface area contributed by atoms with Gasteiger partial charge in [-0.15, -0.1) is 0 Å². The zero-order valence-electron chi connectivity index (χ0n) is 19.4. The molecule has 0 amide bonds. The summed E-state index contributed by atoms with van der Waals surface area (Å²) in [4.78, 5) is 11.5. The van der Waals surface area contributed by atoms with Gasteiger partial charge in [-0.25, -0.2) is 4.98 Å². The minimum Gasteiger partial charge on any atom is -0.489 e. The van der Waals surface area contributed by atoms with Crippen LogP contribution in [0.2, 0.25) is 0 Å². The third kappa shape index (κ3) is 6.01. The third-order valence-electron chi connectivity index (χ3n) is 5.81. The first kappa shape index (κ1) is 23.5. The topological polar surface area (TPSA) is 74.3 Å². The van der Waals surface area contributed by atoms with Gasteiger partial charge in [-0.3, -0.25) is 4.90 Å². The Morgan fingerprint density at radius 2 is 2.00 bits per heavy atom. The first-order valence-corrected chi connectivity index (χ1v) is 12.1. The van der Waals surface area contributed by atoms with Gasteiger partial charge in [0.1, 0.15) is 17.7 Å². The number of nitrogens with one attached hydrogen (secondary N) is 3. The maximum absolute atomic E-state index is 6.20. The van der Waals surface area contributed by atoms with E-state index in [-0.39, 0.29) is 6.10 Å². The van der Waals surface area contributed by atoms with Crippen LogP contribution in [0.25, 0.3) is 0 Å². The molecule has 174 valence electrons. The van der Waals surface area contributed by atoms with Crippen LogP contribution in [0.5, 0.6) is 5.75 Å². The van der Waals surface area contributed by atoms with Crippen molar-refractivity contribution in [1.82, 2.24) is 20.2 Å². The summed E-state index contributed by atoms with van der Waals surface area (Å²) in [6.45, 7) is 8.20. The lowest BCUT2D eigenvalue weighted by molar-refractivity contribution is 0.202. The van der Waals surface area contributed by atoms with E-state index in [0.29, 0.717) is 11.8 Å². The van der Waals surface area contributed by atoms with E-state index in [1.165, 1.54) is 0 Å². The molecule has 1 aromatic heterocycles. The lowest BCUT2D eigenvalue weighted by Crippen LogP contribution is -2.24. The van der Waals surface area contributed by atoms with E-state index in [4.69, 9.17) is 9.72 Å². The number of halogens is 1. The molecule has 1 saturated heterocycles. The van der Waals surface area contributed by atoms with Crippen molar-refractivity contribution in [1.29, 1.82) is 0 Å². The van der Waals surface area contributed by atoms with Crippen LogP contribution in [0.3, 0.4) is 0 Å². The molecule has 33 heavy (non-hydrogen) atoms. The van der Waals surface area contributed by atoms with Crippen molar-refractivity contribution in [3.8, 4) is 5.75 Å². The molecule has 0 saturated carbocycles. The Balaban J connectivity index is 1.46. The Bertz CT molecular complexity index is 1090. The van der Waals surface area contributed by atoms with Gasteiger partial charge >= 0.3 is 0 Å². The Kier molecular flexibility index (Phi) is 7.80. The van der Waals surface area contributed by atoms with Crippen LogP contribution in [0.15, 0.2) is 53.1 Å². The van der Waals surface area contributed by atoms with Gasteiger partial charge in [0.25, 0.3) is 0 Å². The number of likely N-dealkylation sites (tertiary alicyclic amines) is 1. The number of nitrogens with zero attached hydrogens (tertiary/aromatic N) is 3. The fourth-order valence-corrected chi connectivity index (χ4v) is 4.26. The second kappa shape index (κ2) is 11.0. The maximum atomic E-state index is 6.20. The van der Waals surface area contributed by atoms with Crippen molar-refractivity contribution >= 4 is 39.1 Å². The molecule has 1 aliphatic heterocycles. The molecule has 1 aliphatic rings. The van der Waals surface area contributed by atoms with Gasteiger partial charge in [0.05, 0.1) is 4.47 Å². The van der Waals surface area contributed by atoms with E-state index in [2.05, 4.69) is 67.7 Å². The molecule has 0 spiro atoms. The number of rotatable bonds is 9. The summed E-state index contributed by atoms with van der Waals surface area (Å²) < 4.78 is 7.00. The summed E-state index contributed by atoms with van der Waals surface area (Å²) in [7, 11) is 1.94. The molecule has 1 atom stereocenters. The fraction of sp³-hybridized carbons (Fsp3) is 0.360. The highest BCUT2D eigenvalue weighted by atomic mass is 79.9. The minimum absolute atomic E-state index is 0.261. The van der Waals surface area contributed by atoms with Gasteiger partial charge in [0.15, 0.2) is 0 Å². The lowest BCUT2D eigenvalue weighted by Gasteiger charge is -2.17. The van der Waals surface area contributed by atoms with Gasteiger partial charge in [-0.1, -0.05) is 25.1 Å². The summed E-state index contributed by atoms with van der Waals surface area (Å²) in [5.41, 5.74) is 4.20. The second-order valence-corrected chi connectivity index (χ2v) is 9.08. The van der Waals surface area contributed by atoms with Crippen molar-refractivity contribution in [2.75, 3.05) is 37.3 Å². The van der Waals surface area contributed by atoms with Crippen molar-refractivity contribution in [2.24, 2.45) is 0 Å². The van der Waals surface area contributed by atoms with Crippen molar-refractivity contribution < 1.29 is 4.74 Å². The maximum Gasteiger partial charge on any atom is 0.229 e. The molecule has 3 N–H and O–H groups in total. The Hall–Kier alpha value is -2.68. The molecule has 7 nitrogen and oxygen atoms in total.